The molecule has 2 aliphatic rings. The summed E-state index contributed by atoms with van der Waals surface area (Å²) in [4.78, 5) is 28.7. The molecule has 7 heteroatoms. The monoisotopic (exact) mass is 347 g/mol. The Hall–Kier alpha value is -2.12. The van der Waals surface area contributed by atoms with E-state index in [1.54, 1.807) is 31.4 Å². The fourth-order valence-electron chi connectivity index (χ4n) is 3.20. The number of hydrogen-bond acceptors (Lipinski definition) is 5. The number of morpholine rings is 1. The summed E-state index contributed by atoms with van der Waals surface area (Å²) in [6.45, 7) is 5.46. The van der Waals surface area contributed by atoms with Crippen molar-refractivity contribution in [2.24, 2.45) is 0 Å². The van der Waals surface area contributed by atoms with Crippen LogP contribution in [0.3, 0.4) is 0 Å². The lowest BCUT2D eigenvalue weighted by molar-refractivity contribution is -0.128. The Morgan fingerprint density at radius 3 is 2.88 bits per heavy atom. The van der Waals surface area contributed by atoms with Crippen LogP contribution >= 0.6 is 0 Å². The van der Waals surface area contributed by atoms with Gasteiger partial charge in [-0.3, -0.25) is 14.5 Å². The van der Waals surface area contributed by atoms with E-state index < -0.39 is 0 Å². The molecule has 2 saturated heterocycles. The minimum absolute atomic E-state index is 0.101. The van der Waals surface area contributed by atoms with E-state index in [4.69, 9.17) is 9.47 Å². The summed E-state index contributed by atoms with van der Waals surface area (Å²) >= 11 is 0. The maximum absolute atomic E-state index is 12.4. The van der Waals surface area contributed by atoms with E-state index in [1.165, 1.54) is 0 Å². The minimum Gasteiger partial charge on any atom is -0.497 e. The molecule has 0 aromatic heterocycles. The SMILES string of the molecule is COc1cccc(C(=O)NC2CC(=O)N(CCN3CCOCC3)C2)c1. The number of amides is 2. The topological polar surface area (TPSA) is 71.1 Å². The van der Waals surface area contributed by atoms with Crippen LogP contribution in [0.15, 0.2) is 24.3 Å². The van der Waals surface area contributed by atoms with Crippen LogP contribution in [0.2, 0.25) is 0 Å². The summed E-state index contributed by atoms with van der Waals surface area (Å²) in [5.41, 5.74) is 0.540. The normalized spacial score (nSPS) is 21.4. The lowest BCUT2D eigenvalue weighted by atomic mass is 10.1. The second kappa shape index (κ2) is 8.31. The molecular formula is C18H25N3O4. The first-order chi connectivity index (χ1) is 12.2. The Bertz CT molecular complexity index is 616. The van der Waals surface area contributed by atoms with Gasteiger partial charge in [0.25, 0.3) is 5.91 Å². The molecule has 136 valence electrons. The lowest BCUT2D eigenvalue weighted by Gasteiger charge is -2.28. The quantitative estimate of drug-likeness (QED) is 0.804. The van der Waals surface area contributed by atoms with Crippen molar-refractivity contribution < 1.29 is 19.1 Å². The molecule has 1 unspecified atom stereocenters. The van der Waals surface area contributed by atoms with Crippen molar-refractivity contribution in [3.8, 4) is 5.75 Å². The molecule has 0 radical (unpaired) electrons. The third-order valence-corrected chi connectivity index (χ3v) is 4.67. The summed E-state index contributed by atoms with van der Waals surface area (Å²) in [5, 5.41) is 2.95. The fourth-order valence-corrected chi connectivity index (χ4v) is 3.20. The van der Waals surface area contributed by atoms with Crippen molar-refractivity contribution >= 4 is 11.8 Å². The standard InChI is InChI=1S/C18H25N3O4/c1-24-16-4-2-3-14(11-16)18(23)19-15-12-17(22)21(13-15)6-5-20-7-9-25-10-8-20/h2-4,11,15H,5-10,12-13H2,1H3,(H,19,23). The Balaban J connectivity index is 1.49. The molecule has 1 aromatic carbocycles. The number of hydrogen-bond donors (Lipinski definition) is 1. The van der Waals surface area contributed by atoms with Crippen molar-refractivity contribution in [3.63, 3.8) is 0 Å². The number of methoxy groups -OCH3 is 1. The van der Waals surface area contributed by atoms with E-state index in [9.17, 15) is 9.59 Å². The molecule has 0 bridgehead atoms. The largest absolute Gasteiger partial charge is 0.497 e. The van der Waals surface area contributed by atoms with Gasteiger partial charge in [-0.05, 0) is 18.2 Å². The predicted molar refractivity (Wildman–Crippen MR) is 92.7 cm³/mol. The number of benzene rings is 1. The summed E-state index contributed by atoms with van der Waals surface area (Å²) in [5.74, 6) is 0.568. The lowest BCUT2D eigenvalue weighted by Crippen LogP contribution is -2.42. The predicted octanol–water partition coefficient (Wildman–Crippen LogP) is 0.358. The second-order valence-corrected chi connectivity index (χ2v) is 6.40. The van der Waals surface area contributed by atoms with Crippen molar-refractivity contribution in [3.05, 3.63) is 29.8 Å². The molecule has 1 aromatic rings. The smallest absolute Gasteiger partial charge is 0.251 e. The average Bonchev–Trinajstić information content (AvgIpc) is 3.00. The van der Waals surface area contributed by atoms with E-state index in [1.807, 2.05) is 4.90 Å². The van der Waals surface area contributed by atoms with Crippen LogP contribution in [0.25, 0.3) is 0 Å². The van der Waals surface area contributed by atoms with Gasteiger partial charge < -0.3 is 19.7 Å². The first-order valence-corrected chi connectivity index (χ1v) is 8.68. The number of carbonyl (C=O) groups excluding carboxylic acids is 2. The zero-order valence-corrected chi connectivity index (χ0v) is 14.6. The van der Waals surface area contributed by atoms with Gasteiger partial charge in [-0.15, -0.1) is 0 Å². The van der Waals surface area contributed by atoms with E-state index in [0.29, 0.717) is 30.8 Å². The summed E-state index contributed by atoms with van der Waals surface area (Å²) in [6.07, 6.45) is 0.360. The second-order valence-electron chi connectivity index (χ2n) is 6.40. The van der Waals surface area contributed by atoms with Crippen LogP contribution in [-0.4, -0.2) is 80.7 Å². The molecular weight excluding hydrogens is 322 g/mol. The molecule has 2 aliphatic heterocycles. The Labute approximate surface area is 147 Å². The molecule has 1 N–H and O–H groups in total. The van der Waals surface area contributed by atoms with E-state index >= 15 is 0 Å². The maximum atomic E-state index is 12.4. The summed E-state index contributed by atoms with van der Waals surface area (Å²) < 4.78 is 10.5. The van der Waals surface area contributed by atoms with Gasteiger partial charge in [0.05, 0.1) is 26.4 Å². The molecule has 1 atom stereocenters. The van der Waals surface area contributed by atoms with Crippen LogP contribution in [0.1, 0.15) is 16.8 Å². The number of likely N-dealkylation sites (tertiary alicyclic amines) is 1. The zero-order valence-electron chi connectivity index (χ0n) is 14.6. The average molecular weight is 347 g/mol. The molecule has 7 nitrogen and oxygen atoms in total. The molecule has 2 amide bonds. The Morgan fingerprint density at radius 1 is 1.32 bits per heavy atom. The van der Waals surface area contributed by atoms with Crippen molar-refractivity contribution in [2.75, 3.05) is 53.0 Å². The first-order valence-electron chi connectivity index (χ1n) is 8.68. The highest BCUT2D eigenvalue weighted by atomic mass is 16.5. The highest BCUT2D eigenvalue weighted by Gasteiger charge is 2.30. The van der Waals surface area contributed by atoms with Gasteiger partial charge in [0.15, 0.2) is 0 Å². The minimum atomic E-state index is -0.174. The molecule has 3 rings (SSSR count). The summed E-state index contributed by atoms with van der Waals surface area (Å²) in [7, 11) is 1.57. The molecule has 2 fully saturated rings. The van der Waals surface area contributed by atoms with Gasteiger partial charge in [0, 0.05) is 44.7 Å². The molecule has 25 heavy (non-hydrogen) atoms. The number of rotatable bonds is 6. The third-order valence-electron chi connectivity index (χ3n) is 4.67. The fraction of sp³-hybridized carbons (Fsp3) is 0.556. The van der Waals surface area contributed by atoms with Crippen molar-refractivity contribution in [2.45, 2.75) is 12.5 Å². The Morgan fingerprint density at radius 2 is 2.12 bits per heavy atom. The van der Waals surface area contributed by atoms with Gasteiger partial charge in [0.1, 0.15) is 5.75 Å². The maximum Gasteiger partial charge on any atom is 0.251 e. The number of nitrogens with zero attached hydrogens (tertiary/aromatic N) is 2. The zero-order chi connectivity index (χ0) is 17.6. The van der Waals surface area contributed by atoms with Crippen LogP contribution in [0.5, 0.6) is 5.75 Å². The Kier molecular flexibility index (Phi) is 5.88. The van der Waals surface area contributed by atoms with E-state index in [0.717, 1.165) is 32.8 Å². The van der Waals surface area contributed by atoms with Crippen molar-refractivity contribution in [1.82, 2.24) is 15.1 Å². The van der Waals surface area contributed by atoms with Crippen molar-refractivity contribution in [1.29, 1.82) is 0 Å². The molecule has 0 aliphatic carbocycles. The van der Waals surface area contributed by atoms with Crippen LogP contribution in [0, 0.1) is 0 Å². The third kappa shape index (κ3) is 4.70. The van der Waals surface area contributed by atoms with Crippen LogP contribution in [0.4, 0.5) is 0 Å². The molecule has 2 heterocycles. The van der Waals surface area contributed by atoms with E-state index in [-0.39, 0.29) is 17.9 Å². The molecule has 0 spiro atoms. The number of nitrogens with one attached hydrogen (secondary N) is 1. The van der Waals surface area contributed by atoms with Crippen LogP contribution in [-0.2, 0) is 9.53 Å². The first kappa shape index (κ1) is 17.7. The van der Waals surface area contributed by atoms with Gasteiger partial charge in [-0.25, -0.2) is 0 Å². The highest BCUT2D eigenvalue weighted by Crippen LogP contribution is 2.15. The molecule has 0 saturated carbocycles. The number of ether oxygens (including phenoxy) is 2. The van der Waals surface area contributed by atoms with Crippen LogP contribution < -0.4 is 10.1 Å². The van der Waals surface area contributed by atoms with E-state index in [2.05, 4.69) is 10.2 Å². The van der Waals surface area contributed by atoms with Gasteiger partial charge >= 0.3 is 0 Å². The van der Waals surface area contributed by atoms with Gasteiger partial charge in [-0.2, -0.15) is 0 Å². The van der Waals surface area contributed by atoms with Gasteiger partial charge in [0.2, 0.25) is 5.91 Å². The number of carbonyl (C=O) groups is 2. The summed E-state index contributed by atoms with van der Waals surface area (Å²) in [6, 6.07) is 6.87. The van der Waals surface area contributed by atoms with Gasteiger partial charge in [-0.1, -0.05) is 6.07 Å². The highest BCUT2D eigenvalue weighted by molar-refractivity contribution is 5.95.